The minimum atomic E-state index is -0.198. The topological polar surface area (TPSA) is 35.5 Å². The van der Waals surface area contributed by atoms with Crippen LogP contribution in [0.5, 0.6) is 11.5 Å². The third kappa shape index (κ3) is 3.64. The molecule has 0 aromatic heterocycles. The molecule has 3 aromatic carbocycles. The van der Waals surface area contributed by atoms with Gasteiger partial charge >= 0.3 is 0 Å². The highest BCUT2D eigenvalue weighted by Gasteiger charge is 2.28. The van der Waals surface area contributed by atoms with Crippen LogP contribution in [0.1, 0.15) is 27.0 Å². The first-order chi connectivity index (χ1) is 13.5. The minimum Gasteiger partial charge on any atom is -0.489 e. The fourth-order valence-electron chi connectivity index (χ4n) is 2.96. The summed E-state index contributed by atoms with van der Waals surface area (Å²) in [5.74, 6) is 1.11. The lowest BCUT2D eigenvalue weighted by Crippen LogP contribution is -1.98. The van der Waals surface area contributed by atoms with E-state index in [9.17, 15) is 4.79 Å². The number of ether oxygens (including phenoxy) is 2. The predicted octanol–water partition coefficient (Wildman–Crippen LogP) is 6.50. The Balaban J connectivity index is 1.55. The molecule has 0 unspecified atom stereocenters. The van der Waals surface area contributed by atoms with Crippen molar-refractivity contribution < 1.29 is 14.3 Å². The van der Waals surface area contributed by atoms with Gasteiger partial charge in [-0.2, -0.15) is 0 Å². The molecule has 1 heterocycles. The van der Waals surface area contributed by atoms with Gasteiger partial charge in [-0.25, -0.2) is 0 Å². The average molecular weight is 411 g/mol. The van der Waals surface area contributed by atoms with Crippen molar-refractivity contribution in [2.75, 3.05) is 0 Å². The molecule has 1 aliphatic heterocycles. The van der Waals surface area contributed by atoms with Gasteiger partial charge in [0.15, 0.2) is 5.76 Å². The van der Waals surface area contributed by atoms with Crippen molar-refractivity contribution in [1.29, 1.82) is 0 Å². The molecule has 0 radical (unpaired) electrons. The largest absolute Gasteiger partial charge is 0.489 e. The van der Waals surface area contributed by atoms with Crippen molar-refractivity contribution in [3.63, 3.8) is 0 Å². The predicted molar refractivity (Wildman–Crippen MR) is 111 cm³/mol. The molecule has 0 atom stereocenters. The van der Waals surface area contributed by atoms with Gasteiger partial charge in [0.1, 0.15) is 18.1 Å². The van der Waals surface area contributed by atoms with E-state index >= 15 is 0 Å². The summed E-state index contributed by atoms with van der Waals surface area (Å²) in [6.45, 7) is 2.49. The van der Waals surface area contributed by atoms with E-state index in [1.54, 1.807) is 42.5 Å². The number of allylic oxidation sites excluding steroid dienone is 1. The van der Waals surface area contributed by atoms with Gasteiger partial charge in [0.25, 0.3) is 0 Å². The summed E-state index contributed by atoms with van der Waals surface area (Å²) in [6, 6.07) is 18.5. The number of carbonyl (C=O) groups is 1. The molecule has 28 heavy (non-hydrogen) atoms. The fraction of sp³-hybridized carbons (Fsp3) is 0.0870. The molecule has 140 valence electrons. The van der Waals surface area contributed by atoms with E-state index in [1.165, 1.54) is 5.56 Å². The van der Waals surface area contributed by atoms with Crippen molar-refractivity contribution in [3.8, 4) is 11.5 Å². The van der Waals surface area contributed by atoms with Crippen LogP contribution in [-0.4, -0.2) is 5.78 Å². The molecule has 0 amide bonds. The average Bonchev–Trinajstić information content (AvgIpc) is 3.00. The first-order valence-corrected chi connectivity index (χ1v) is 9.48. The van der Waals surface area contributed by atoms with Crippen molar-refractivity contribution in [2.45, 2.75) is 13.5 Å². The summed E-state index contributed by atoms with van der Waals surface area (Å²) in [5.41, 5.74) is 3.39. The van der Waals surface area contributed by atoms with E-state index in [0.717, 1.165) is 5.56 Å². The first kappa shape index (κ1) is 18.6. The van der Waals surface area contributed by atoms with Crippen molar-refractivity contribution in [1.82, 2.24) is 0 Å². The van der Waals surface area contributed by atoms with Crippen LogP contribution < -0.4 is 9.47 Å². The zero-order valence-corrected chi connectivity index (χ0v) is 16.6. The minimum absolute atomic E-state index is 0.198. The van der Waals surface area contributed by atoms with Crippen molar-refractivity contribution in [3.05, 3.63) is 98.7 Å². The molecular weight excluding hydrogens is 395 g/mol. The summed E-state index contributed by atoms with van der Waals surface area (Å²) in [4.78, 5) is 12.6. The highest BCUT2D eigenvalue weighted by atomic mass is 35.5. The molecular formula is C23H16Cl2O3. The molecule has 0 spiro atoms. The normalized spacial score (nSPS) is 14.1. The van der Waals surface area contributed by atoms with Gasteiger partial charge in [-0.15, -0.1) is 0 Å². The second kappa shape index (κ2) is 7.70. The smallest absolute Gasteiger partial charge is 0.231 e. The van der Waals surface area contributed by atoms with Gasteiger partial charge in [-0.1, -0.05) is 59.6 Å². The Bertz CT molecular complexity index is 1100. The summed E-state index contributed by atoms with van der Waals surface area (Å²) in [6.07, 6.45) is 1.60. The molecule has 0 N–H and O–H groups in total. The number of rotatable bonds is 4. The molecule has 3 aromatic rings. The van der Waals surface area contributed by atoms with Crippen molar-refractivity contribution in [2.24, 2.45) is 0 Å². The zero-order chi connectivity index (χ0) is 19.7. The van der Waals surface area contributed by atoms with Crippen LogP contribution >= 0.6 is 23.2 Å². The van der Waals surface area contributed by atoms with Crippen LogP contribution in [0.3, 0.4) is 0 Å². The standard InChI is InChI=1S/C23H16Cl2O3/c1-14-5-2-3-6-16(14)13-27-17-9-10-18-20(12-17)28-21(23(18)26)11-15-7-4-8-19(24)22(15)25/h2-12H,13H2,1H3. The van der Waals surface area contributed by atoms with E-state index in [0.29, 0.717) is 39.3 Å². The van der Waals surface area contributed by atoms with Crippen LogP contribution in [-0.2, 0) is 6.61 Å². The monoisotopic (exact) mass is 410 g/mol. The van der Waals surface area contributed by atoms with E-state index in [1.807, 2.05) is 31.2 Å². The molecule has 0 saturated heterocycles. The third-order valence-electron chi connectivity index (χ3n) is 4.57. The van der Waals surface area contributed by atoms with Gasteiger partial charge in [-0.3, -0.25) is 4.79 Å². The molecule has 1 aliphatic rings. The lowest BCUT2D eigenvalue weighted by Gasteiger charge is -2.09. The SMILES string of the molecule is Cc1ccccc1COc1ccc2c(c1)OC(=Cc1cccc(Cl)c1Cl)C2=O. The van der Waals surface area contributed by atoms with Crippen LogP contribution in [0.25, 0.3) is 6.08 Å². The van der Waals surface area contributed by atoms with E-state index in [4.69, 9.17) is 32.7 Å². The fourth-order valence-corrected chi connectivity index (χ4v) is 3.33. The summed E-state index contributed by atoms with van der Waals surface area (Å²) < 4.78 is 11.6. The molecule has 0 saturated carbocycles. The molecule has 0 aliphatic carbocycles. The van der Waals surface area contributed by atoms with E-state index in [-0.39, 0.29) is 11.5 Å². The lowest BCUT2D eigenvalue weighted by atomic mass is 10.1. The Morgan fingerprint density at radius 3 is 2.68 bits per heavy atom. The van der Waals surface area contributed by atoms with Gasteiger partial charge in [0.2, 0.25) is 5.78 Å². The van der Waals surface area contributed by atoms with Gasteiger partial charge in [0, 0.05) is 6.07 Å². The van der Waals surface area contributed by atoms with E-state index in [2.05, 4.69) is 0 Å². The van der Waals surface area contributed by atoms with Crippen LogP contribution in [0.15, 0.2) is 66.4 Å². The zero-order valence-electron chi connectivity index (χ0n) is 15.0. The quantitative estimate of drug-likeness (QED) is 0.460. The van der Waals surface area contributed by atoms with Crippen LogP contribution in [0, 0.1) is 6.92 Å². The Kier molecular flexibility index (Phi) is 5.12. The molecule has 4 rings (SSSR count). The highest BCUT2D eigenvalue weighted by Crippen LogP contribution is 2.36. The number of Topliss-reactive ketones (excluding diaryl/α,β-unsaturated/α-hetero) is 1. The Morgan fingerprint density at radius 1 is 1.04 bits per heavy atom. The number of benzene rings is 3. The van der Waals surface area contributed by atoms with Crippen LogP contribution in [0.2, 0.25) is 10.0 Å². The maximum atomic E-state index is 12.6. The highest BCUT2D eigenvalue weighted by molar-refractivity contribution is 6.43. The second-order valence-electron chi connectivity index (χ2n) is 6.46. The maximum Gasteiger partial charge on any atom is 0.231 e. The number of aryl methyl sites for hydroxylation is 1. The Labute approximate surface area is 173 Å². The van der Waals surface area contributed by atoms with Gasteiger partial charge in [0.05, 0.1) is 15.6 Å². The Hall–Kier alpha value is -2.75. The van der Waals surface area contributed by atoms with E-state index < -0.39 is 0 Å². The Morgan fingerprint density at radius 2 is 1.86 bits per heavy atom. The number of fused-ring (bicyclic) bond motifs is 1. The maximum absolute atomic E-state index is 12.6. The first-order valence-electron chi connectivity index (χ1n) is 8.72. The van der Waals surface area contributed by atoms with Crippen molar-refractivity contribution >= 4 is 35.1 Å². The van der Waals surface area contributed by atoms with Crippen LogP contribution in [0.4, 0.5) is 0 Å². The number of hydrogen-bond acceptors (Lipinski definition) is 3. The number of halogens is 2. The second-order valence-corrected chi connectivity index (χ2v) is 7.24. The summed E-state index contributed by atoms with van der Waals surface area (Å²) in [7, 11) is 0. The van der Waals surface area contributed by atoms with Gasteiger partial charge in [-0.05, 0) is 47.9 Å². The lowest BCUT2D eigenvalue weighted by molar-refractivity contribution is 0.101. The molecule has 3 nitrogen and oxygen atoms in total. The summed E-state index contributed by atoms with van der Waals surface area (Å²) in [5, 5.41) is 0.803. The molecule has 0 bridgehead atoms. The molecule has 5 heteroatoms. The number of hydrogen-bond donors (Lipinski definition) is 0. The third-order valence-corrected chi connectivity index (χ3v) is 5.40. The molecule has 0 fully saturated rings. The summed E-state index contributed by atoms with van der Waals surface area (Å²) >= 11 is 12.2. The number of carbonyl (C=O) groups excluding carboxylic acids is 1. The number of ketones is 1. The van der Waals surface area contributed by atoms with Gasteiger partial charge < -0.3 is 9.47 Å².